The van der Waals surface area contributed by atoms with E-state index >= 15 is 0 Å². The maximum Gasteiger partial charge on any atom is 0.335 e. The summed E-state index contributed by atoms with van der Waals surface area (Å²) in [7, 11) is -3.84. The maximum atomic E-state index is 12.3. The number of sulfonamides is 1. The molecule has 0 unspecified atom stereocenters. The minimum absolute atomic E-state index is 0.0276. The summed E-state index contributed by atoms with van der Waals surface area (Å²) in [4.78, 5) is 11.0. The number of carboxylic acids is 1. The fourth-order valence-corrected chi connectivity index (χ4v) is 3.33. The first-order valence-corrected chi connectivity index (χ1v) is 7.78. The molecule has 0 amide bonds. The lowest BCUT2D eigenvalue weighted by molar-refractivity contribution is 0.0697. The van der Waals surface area contributed by atoms with E-state index in [9.17, 15) is 13.2 Å². The summed E-state index contributed by atoms with van der Waals surface area (Å²) < 4.78 is 27.0. The van der Waals surface area contributed by atoms with E-state index in [4.69, 9.17) is 16.7 Å². The minimum atomic E-state index is -3.84. The molecule has 2 aromatic carbocycles. The first kappa shape index (κ1) is 15.3. The van der Waals surface area contributed by atoms with Crippen LogP contribution in [0.5, 0.6) is 0 Å². The van der Waals surface area contributed by atoms with Crippen LogP contribution in [0.1, 0.15) is 15.9 Å². The van der Waals surface area contributed by atoms with Gasteiger partial charge in [0.15, 0.2) is 0 Å². The summed E-state index contributed by atoms with van der Waals surface area (Å²) in [6.07, 6.45) is 0. The number of carbonyl (C=O) groups is 1. The van der Waals surface area contributed by atoms with Crippen LogP contribution in [0.25, 0.3) is 0 Å². The average molecular weight is 326 g/mol. The molecule has 5 nitrogen and oxygen atoms in total. The normalized spacial score (nSPS) is 11.1. The molecule has 110 valence electrons. The lowest BCUT2D eigenvalue weighted by Crippen LogP contribution is -2.15. The van der Waals surface area contributed by atoms with E-state index in [1.807, 2.05) is 0 Å². The van der Waals surface area contributed by atoms with Crippen molar-refractivity contribution in [1.29, 1.82) is 0 Å². The van der Waals surface area contributed by atoms with Gasteiger partial charge in [0.05, 0.1) is 21.2 Å². The predicted molar refractivity (Wildman–Crippen MR) is 80.4 cm³/mol. The zero-order chi connectivity index (χ0) is 15.6. The first-order valence-electron chi connectivity index (χ1n) is 5.92. The Labute approximate surface area is 127 Å². The van der Waals surface area contributed by atoms with Crippen molar-refractivity contribution in [2.24, 2.45) is 0 Å². The third-order valence-electron chi connectivity index (χ3n) is 2.84. The Morgan fingerprint density at radius 2 is 1.86 bits per heavy atom. The lowest BCUT2D eigenvalue weighted by Gasteiger charge is -2.12. The van der Waals surface area contributed by atoms with E-state index in [1.165, 1.54) is 24.3 Å². The summed E-state index contributed by atoms with van der Waals surface area (Å²) in [5.41, 5.74) is 0.553. The fourth-order valence-electron chi connectivity index (χ4n) is 1.79. The van der Waals surface area contributed by atoms with Crippen LogP contribution >= 0.6 is 11.6 Å². The van der Waals surface area contributed by atoms with Gasteiger partial charge in [-0.25, -0.2) is 13.2 Å². The number of nitrogens with one attached hydrogen (secondary N) is 1. The molecule has 0 aliphatic rings. The SMILES string of the molecule is Cc1ccccc1S(=O)(=O)Nc1cc(C(=O)O)ccc1Cl. The number of aryl methyl sites for hydroxylation is 1. The van der Waals surface area contributed by atoms with Crippen LogP contribution in [0.4, 0.5) is 5.69 Å². The van der Waals surface area contributed by atoms with Crippen LogP contribution in [0, 0.1) is 6.92 Å². The molecule has 0 atom stereocenters. The third-order valence-corrected chi connectivity index (χ3v) is 4.70. The van der Waals surface area contributed by atoms with E-state index < -0.39 is 16.0 Å². The zero-order valence-electron chi connectivity index (χ0n) is 11.0. The number of anilines is 1. The smallest absolute Gasteiger partial charge is 0.335 e. The molecular weight excluding hydrogens is 314 g/mol. The van der Waals surface area contributed by atoms with Gasteiger partial charge in [-0.15, -0.1) is 0 Å². The zero-order valence-corrected chi connectivity index (χ0v) is 12.6. The summed E-state index contributed by atoms with van der Waals surface area (Å²) in [6.45, 7) is 1.67. The maximum absolute atomic E-state index is 12.3. The van der Waals surface area contributed by atoms with Crippen LogP contribution in [-0.2, 0) is 10.0 Å². The quantitative estimate of drug-likeness (QED) is 0.904. The molecule has 0 saturated carbocycles. The first-order chi connectivity index (χ1) is 9.81. The third kappa shape index (κ3) is 3.34. The van der Waals surface area contributed by atoms with Crippen molar-refractivity contribution in [2.75, 3.05) is 4.72 Å². The molecule has 0 heterocycles. The highest BCUT2D eigenvalue weighted by Gasteiger charge is 2.18. The van der Waals surface area contributed by atoms with Gasteiger partial charge in [-0.1, -0.05) is 29.8 Å². The fraction of sp³-hybridized carbons (Fsp3) is 0.0714. The van der Waals surface area contributed by atoms with E-state index in [0.29, 0.717) is 5.56 Å². The van der Waals surface area contributed by atoms with Gasteiger partial charge >= 0.3 is 5.97 Å². The molecular formula is C14H12ClNO4S. The van der Waals surface area contributed by atoms with Crippen molar-refractivity contribution >= 4 is 33.3 Å². The van der Waals surface area contributed by atoms with Crippen molar-refractivity contribution in [3.05, 3.63) is 58.6 Å². The minimum Gasteiger partial charge on any atom is -0.478 e. The molecule has 0 aromatic heterocycles. The van der Waals surface area contributed by atoms with Crippen LogP contribution in [0.2, 0.25) is 5.02 Å². The molecule has 0 spiro atoms. The lowest BCUT2D eigenvalue weighted by atomic mass is 10.2. The molecule has 2 rings (SSSR count). The number of carboxylic acid groups (broad SMARTS) is 1. The van der Waals surface area contributed by atoms with Crippen molar-refractivity contribution in [3.8, 4) is 0 Å². The summed E-state index contributed by atoms with van der Waals surface area (Å²) in [5, 5.41) is 9.06. The van der Waals surface area contributed by atoms with Crippen molar-refractivity contribution < 1.29 is 18.3 Å². The van der Waals surface area contributed by atoms with Crippen LogP contribution in [0.15, 0.2) is 47.4 Å². The molecule has 0 bridgehead atoms. The number of rotatable bonds is 4. The van der Waals surface area contributed by atoms with Gasteiger partial charge in [0.25, 0.3) is 10.0 Å². The van der Waals surface area contributed by atoms with Gasteiger partial charge in [-0.3, -0.25) is 4.72 Å². The van der Waals surface area contributed by atoms with Crippen molar-refractivity contribution in [3.63, 3.8) is 0 Å². The van der Waals surface area contributed by atoms with E-state index in [0.717, 1.165) is 0 Å². The van der Waals surface area contributed by atoms with Crippen molar-refractivity contribution in [2.45, 2.75) is 11.8 Å². The Morgan fingerprint density at radius 1 is 1.19 bits per heavy atom. The number of hydrogen-bond donors (Lipinski definition) is 2. The van der Waals surface area contributed by atoms with E-state index in [1.54, 1.807) is 25.1 Å². The molecule has 7 heteroatoms. The number of aromatic carboxylic acids is 1. The van der Waals surface area contributed by atoms with Gasteiger partial charge in [-0.2, -0.15) is 0 Å². The average Bonchev–Trinajstić information content (AvgIpc) is 2.41. The van der Waals surface area contributed by atoms with Gasteiger partial charge in [0.2, 0.25) is 0 Å². The van der Waals surface area contributed by atoms with E-state index in [2.05, 4.69) is 4.72 Å². The Hall–Kier alpha value is -2.05. The molecule has 0 aliphatic carbocycles. The molecule has 2 aromatic rings. The number of hydrogen-bond acceptors (Lipinski definition) is 3. The molecule has 0 saturated heterocycles. The van der Waals surface area contributed by atoms with Crippen LogP contribution < -0.4 is 4.72 Å². The topological polar surface area (TPSA) is 83.5 Å². The largest absolute Gasteiger partial charge is 0.478 e. The molecule has 0 aliphatic heterocycles. The molecule has 0 radical (unpaired) electrons. The summed E-state index contributed by atoms with van der Waals surface area (Å²) in [5.74, 6) is -1.16. The second-order valence-corrected chi connectivity index (χ2v) is 6.43. The molecule has 21 heavy (non-hydrogen) atoms. The van der Waals surface area contributed by atoms with Crippen LogP contribution in [0.3, 0.4) is 0 Å². The summed E-state index contributed by atoms with van der Waals surface area (Å²) in [6, 6.07) is 10.3. The van der Waals surface area contributed by atoms with Crippen LogP contribution in [-0.4, -0.2) is 19.5 Å². The Kier molecular flexibility index (Phi) is 4.20. The van der Waals surface area contributed by atoms with Crippen molar-refractivity contribution in [1.82, 2.24) is 0 Å². The number of benzene rings is 2. The van der Waals surface area contributed by atoms with Gasteiger partial charge in [0, 0.05) is 0 Å². The van der Waals surface area contributed by atoms with Gasteiger partial charge < -0.3 is 5.11 Å². The highest BCUT2D eigenvalue weighted by molar-refractivity contribution is 7.92. The Bertz CT molecular complexity index is 802. The second-order valence-electron chi connectivity index (χ2n) is 4.37. The monoisotopic (exact) mass is 325 g/mol. The van der Waals surface area contributed by atoms with Gasteiger partial charge in [-0.05, 0) is 36.8 Å². The molecule has 2 N–H and O–H groups in total. The molecule has 0 fully saturated rings. The van der Waals surface area contributed by atoms with Gasteiger partial charge in [0.1, 0.15) is 0 Å². The standard InChI is InChI=1S/C14H12ClNO4S/c1-9-4-2-3-5-13(9)21(19,20)16-12-8-10(14(17)18)6-7-11(12)15/h2-8,16H,1H3,(H,17,18). The highest BCUT2D eigenvalue weighted by Crippen LogP contribution is 2.26. The highest BCUT2D eigenvalue weighted by atomic mass is 35.5. The number of halogens is 1. The Balaban J connectivity index is 2.44. The summed E-state index contributed by atoms with van der Waals surface area (Å²) >= 11 is 5.91. The van der Waals surface area contributed by atoms with E-state index in [-0.39, 0.29) is 21.2 Å². The Morgan fingerprint density at radius 3 is 2.48 bits per heavy atom. The predicted octanol–water partition coefficient (Wildman–Crippen LogP) is 3.15. The second kappa shape index (κ2) is 5.75.